The monoisotopic (exact) mass is 227 g/mol. The largest absolute Gasteiger partial charge is 0.246 e. The van der Waals surface area contributed by atoms with Gasteiger partial charge in [0.2, 0.25) is 0 Å². The molecule has 0 saturated heterocycles. The molecular formula is C11H11F2NS. The Hall–Kier alpha value is -1.03. The lowest BCUT2D eigenvalue weighted by Crippen LogP contribution is -2.05. The van der Waals surface area contributed by atoms with Gasteiger partial charge in [0.1, 0.15) is 5.83 Å². The highest BCUT2D eigenvalue weighted by Crippen LogP contribution is 2.34. The summed E-state index contributed by atoms with van der Waals surface area (Å²) < 4.78 is 26.0. The van der Waals surface area contributed by atoms with E-state index in [1.54, 1.807) is 6.08 Å². The minimum atomic E-state index is -1.49. The molecule has 4 heteroatoms. The topological polar surface area (TPSA) is 12.9 Å². The van der Waals surface area contributed by atoms with E-state index in [1.165, 1.54) is 17.4 Å². The molecule has 0 saturated carbocycles. The van der Waals surface area contributed by atoms with Crippen LogP contribution in [0.1, 0.15) is 22.0 Å². The molecule has 0 amide bonds. The second-order valence-electron chi connectivity index (χ2n) is 3.56. The van der Waals surface area contributed by atoms with Crippen LogP contribution in [0.15, 0.2) is 18.0 Å². The number of halogens is 2. The highest BCUT2D eigenvalue weighted by Gasteiger charge is 2.21. The Labute approximate surface area is 91.2 Å². The zero-order chi connectivity index (χ0) is 11.0. The highest BCUT2D eigenvalue weighted by molar-refractivity contribution is 7.12. The Bertz CT molecular complexity index is 445. The van der Waals surface area contributed by atoms with E-state index >= 15 is 0 Å². The van der Waals surface area contributed by atoms with Gasteiger partial charge in [-0.2, -0.15) is 0 Å². The van der Waals surface area contributed by atoms with Gasteiger partial charge in [0, 0.05) is 6.42 Å². The van der Waals surface area contributed by atoms with Crippen LogP contribution in [0.25, 0.3) is 5.57 Å². The van der Waals surface area contributed by atoms with Crippen molar-refractivity contribution in [1.82, 2.24) is 4.98 Å². The average molecular weight is 227 g/mol. The van der Waals surface area contributed by atoms with Crippen LogP contribution >= 0.6 is 11.3 Å². The standard InChI is InChI=1S/C11H11F2NS/c1-6-11(15-7(2)14-6)8-3-4-9(12)10(13)5-8/h3-4,10H,5H2,1-2H3. The number of hydrogen-bond acceptors (Lipinski definition) is 2. The van der Waals surface area contributed by atoms with Crippen molar-refractivity contribution in [2.24, 2.45) is 0 Å². The van der Waals surface area contributed by atoms with Gasteiger partial charge in [0.25, 0.3) is 0 Å². The number of alkyl halides is 1. The van der Waals surface area contributed by atoms with Gasteiger partial charge in [-0.3, -0.25) is 0 Å². The second-order valence-corrected chi connectivity index (χ2v) is 4.77. The Morgan fingerprint density at radius 2 is 2.13 bits per heavy atom. The molecule has 0 bridgehead atoms. The van der Waals surface area contributed by atoms with Crippen molar-refractivity contribution in [2.75, 3.05) is 0 Å². The molecular weight excluding hydrogens is 216 g/mol. The fraction of sp³-hybridized carbons (Fsp3) is 0.364. The van der Waals surface area contributed by atoms with Crippen LogP contribution < -0.4 is 0 Å². The second kappa shape index (κ2) is 3.85. The van der Waals surface area contributed by atoms with E-state index < -0.39 is 12.0 Å². The molecule has 0 aromatic carbocycles. The summed E-state index contributed by atoms with van der Waals surface area (Å²) in [5.74, 6) is -0.683. The molecule has 1 aliphatic carbocycles. The van der Waals surface area contributed by atoms with E-state index in [9.17, 15) is 8.78 Å². The number of rotatable bonds is 1. The van der Waals surface area contributed by atoms with E-state index in [-0.39, 0.29) is 6.42 Å². The van der Waals surface area contributed by atoms with Crippen molar-refractivity contribution in [3.63, 3.8) is 0 Å². The smallest absolute Gasteiger partial charge is 0.155 e. The maximum Gasteiger partial charge on any atom is 0.155 e. The summed E-state index contributed by atoms with van der Waals surface area (Å²) in [4.78, 5) is 5.24. The average Bonchev–Trinajstić information content (AvgIpc) is 2.50. The zero-order valence-electron chi connectivity index (χ0n) is 8.55. The quantitative estimate of drug-likeness (QED) is 0.712. The lowest BCUT2D eigenvalue weighted by atomic mass is 10.0. The summed E-state index contributed by atoms with van der Waals surface area (Å²) in [6.07, 6.45) is 1.47. The van der Waals surface area contributed by atoms with Crippen LogP contribution in [-0.4, -0.2) is 11.2 Å². The maximum absolute atomic E-state index is 13.2. The normalized spacial score (nSPS) is 21.2. The van der Waals surface area contributed by atoms with E-state index in [4.69, 9.17) is 0 Å². The Balaban J connectivity index is 2.37. The van der Waals surface area contributed by atoms with Crippen LogP contribution in [0.5, 0.6) is 0 Å². The van der Waals surface area contributed by atoms with Crippen LogP contribution in [0.3, 0.4) is 0 Å². The summed E-state index contributed by atoms with van der Waals surface area (Å²) in [6, 6.07) is 0. The van der Waals surface area contributed by atoms with Crippen molar-refractivity contribution in [3.8, 4) is 0 Å². The van der Waals surface area contributed by atoms with Crippen LogP contribution in [-0.2, 0) is 0 Å². The van der Waals surface area contributed by atoms with E-state index in [0.29, 0.717) is 0 Å². The summed E-state index contributed by atoms with van der Waals surface area (Å²) in [5.41, 5.74) is 1.73. The first-order valence-corrected chi connectivity index (χ1v) is 5.54. The number of thiazole rings is 1. The number of nitrogens with zero attached hydrogens (tertiary/aromatic N) is 1. The van der Waals surface area contributed by atoms with Gasteiger partial charge < -0.3 is 0 Å². The van der Waals surface area contributed by atoms with Crippen LogP contribution in [0, 0.1) is 13.8 Å². The lowest BCUT2D eigenvalue weighted by Gasteiger charge is -2.13. The third-order valence-electron chi connectivity index (χ3n) is 2.34. The minimum absolute atomic E-state index is 0.116. The fourth-order valence-electron chi connectivity index (χ4n) is 1.64. The molecule has 0 N–H and O–H groups in total. The molecule has 1 nitrogen and oxygen atoms in total. The number of aromatic nitrogens is 1. The van der Waals surface area contributed by atoms with Crippen molar-refractivity contribution < 1.29 is 8.78 Å². The molecule has 0 aliphatic heterocycles. The molecule has 15 heavy (non-hydrogen) atoms. The molecule has 1 aromatic heterocycles. The highest BCUT2D eigenvalue weighted by atomic mass is 32.1. The lowest BCUT2D eigenvalue weighted by molar-refractivity contribution is 0.329. The SMILES string of the molecule is Cc1nc(C)c(C2=CC=C(F)C(F)C2)s1. The fourth-order valence-corrected chi connectivity index (χ4v) is 2.59. The molecule has 0 spiro atoms. The zero-order valence-corrected chi connectivity index (χ0v) is 9.37. The molecule has 0 radical (unpaired) electrons. The number of allylic oxidation sites excluding steroid dienone is 4. The Kier molecular flexibility index (Phi) is 2.69. The minimum Gasteiger partial charge on any atom is -0.246 e. The first kappa shape index (κ1) is 10.5. The molecule has 2 rings (SSSR count). The van der Waals surface area contributed by atoms with Crippen molar-refractivity contribution in [2.45, 2.75) is 26.4 Å². The van der Waals surface area contributed by atoms with Gasteiger partial charge >= 0.3 is 0 Å². The molecule has 1 aromatic rings. The van der Waals surface area contributed by atoms with E-state index in [1.807, 2.05) is 13.8 Å². The van der Waals surface area contributed by atoms with E-state index in [0.717, 1.165) is 21.2 Å². The first-order valence-electron chi connectivity index (χ1n) is 4.72. The van der Waals surface area contributed by atoms with Gasteiger partial charge in [0.05, 0.1) is 15.6 Å². The summed E-state index contributed by atoms with van der Waals surface area (Å²) >= 11 is 1.53. The van der Waals surface area contributed by atoms with Gasteiger partial charge in [-0.1, -0.05) is 6.08 Å². The molecule has 1 heterocycles. The van der Waals surface area contributed by atoms with Crippen molar-refractivity contribution in [1.29, 1.82) is 0 Å². The maximum atomic E-state index is 13.2. The third-order valence-corrected chi connectivity index (χ3v) is 3.49. The summed E-state index contributed by atoms with van der Waals surface area (Å²) in [7, 11) is 0. The predicted octanol–water partition coefficient (Wildman–Crippen LogP) is 3.74. The number of hydrogen-bond donors (Lipinski definition) is 0. The molecule has 0 fully saturated rings. The first-order chi connectivity index (χ1) is 7.08. The van der Waals surface area contributed by atoms with Gasteiger partial charge in [-0.15, -0.1) is 11.3 Å². The summed E-state index contributed by atoms with van der Waals surface area (Å²) in [6.45, 7) is 3.80. The number of aryl methyl sites for hydroxylation is 2. The predicted molar refractivity (Wildman–Crippen MR) is 58.3 cm³/mol. The third kappa shape index (κ3) is 2.00. The van der Waals surface area contributed by atoms with Crippen LogP contribution in [0.2, 0.25) is 0 Å². The van der Waals surface area contributed by atoms with Crippen molar-refractivity contribution in [3.05, 3.63) is 33.6 Å². The van der Waals surface area contributed by atoms with Crippen molar-refractivity contribution >= 4 is 16.9 Å². The Morgan fingerprint density at radius 1 is 1.40 bits per heavy atom. The Morgan fingerprint density at radius 3 is 2.67 bits per heavy atom. The van der Waals surface area contributed by atoms with Gasteiger partial charge in [-0.05, 0) is 25.5 Å². The summed E-state index contributed by atoms with van der Waals surface area (Å²) in [5, 5.41) is 0.953. The van der Waals surface area contributed by atoms with E-state index in [2.05, 4.69) is 4.98 Å². The van der Waals surface area contributed by atoms with Crippen LogP contribution in [0.4, 0.5) is 8.78 Å². The molecule has 80 valence electrons. The van der Waals surface area contributed by atoms with Gasteiger partial charge in [-0.25, -0.2) is 13.8 Å². The molecule has 1 aliphatic rings. The molecule has 1 atom stereocenters. The molecule has 1 unspecified atom stereocenters. The van der Waals surface area contributed by atoms with Gasteiger partial charge in [0.15, 0.2) is 6.17 Å².